The van der Waals surface area contributed by atoms with E-state index in [-0.39, 0.29) is 11.6 Å². The molecule has 0 N–H and O–H groups in total. The Bertz CT molecular complexity index is 1900. The van der Waals surface area contributed by atoms with Gasteiger partial charge in [0.05, 0.1) is 13.2 Å². The van der Waals surface area contributed by atoms with Gasteiger partial charge in [-0.1, -0.05) is 182 Å². The molecule has 0 amide bonds. The first-order valence-corrected chi connectivity index (χ1v) is 18.5. The van der Waals surface area contributed by atoms with Crippen LogP contribution in [0.5, 0.6) is 0 Å². The number of ketones is 2. The molecule has 276 valence electrons. The number of hydrogen-bond acceptors (Lipinski definition) is 6. The summed E-state index contributed by atoms with van der Waals surface area (Å²) in [7, 11) is 0. The summed E-state index contributed by atoms with van der Waals surface area (Å²) in [5, 5.41) is 0. The Morgan fingerprint density at radius 3 is 0.981 bits per heavy atom. The summed E-state index contributed by atoms with van der Waals surface area (Å²) in [4.78, 5) is 26.9. The zero-order chi connectivity index (χ0) is 37.9. The molecule has 0 heterocycles. The Morgan fingerprint density at radius 2 is 0.667 bits per heavy atom. The fraction of sp³-hybridized carbons (Fsp3) is 0.208. The van der Waals surface area contributed by atoms with Crippen LogP contribution in [0, 0.1) is 0 Å². The highest BCUT2D eigenvalue weighted by Gasteiger charge is 2.44. The van der Waals surface area contributed by atoms with Gasteiger partial charge in [0.2, 0.25) is 11.6 Å². The third kappa shape index (κ3) is 10.3. The van der Waals surface area contributed by atoms with Crippen molar-refractivity contribution in [1.29, 1.82) is 0 Å². The van der Waals surface area contributed by atoms with Gasteiger partial charge in [-0.15, -0.1) is 0 Å². The highest BCUT2D eigenvalue weighted by atomic mass is 16.7. The van der Waals surface area contributed by atoms with E-state index in [1.165, 1.54) is 0 Å². The van der Waals surface area contributed by atoms with Crippen molar-refractivity contribution in [1.82, 2.24) is 0 Å². The highest BCUT2D eigenvalue weighted by Crippen LogP contribution is 2.33. The molecule has 6 rings (SSSR count). The molecule has 0 saturated heterocycles. The number of Topliss-reactive ketones (excluding diaryl/α,β-unsaturated/α-hetero) is 2. The molecule has 0 atom stereocenters. The van der Waals surface area contributed by atoms with E-state index >= 15 is 0 Å². The molecule has 54 heavy (non-hydrogen) atoms. The molecule has 6 nitrogen and oxygen atoms in total. The smallest absolute Gasteiger partial charge is 0.261 e. The van der Waals surface area contributed by atoms with Crippen LogP contribution >= 0.6 is 0 Å². The standard InChI is InChI=1S/C30H28O3.C18H20O3/c31-29(27-17-9-3-10-18-27)30(28-19-11-4-12-20-28,32-23-21-25-13-5-1-6-14-25)33-24-22-26-15-7-2-8-16-26;1-3-20-18(21-4-2,16-13-9-6-10-14-16)17(19)15-11-7-5-8-12-15/h1-20H,21-24H2;5-14H,3-4H2,1-2H3. The monoisotopic (exact) mass is 720 g/mol. The second-order valence-corrected chi connectivity index (χ2v) is 12.4. The Labute approximate surface area is 319 Å². The minimum atomic E-state index is -1.52. The van der Waals surface area contributed by atoms with Gasteiger partial charge < -0.3 is 18.9 Å². The lowest BCUT2D eigenvalue weighted by Gasteiger charge is -2.33. The lowest BCUT2D eigenvalue weighted by Crippen LogP contribution is -2.43. The van der Waals surface area contributed by atoms with Crippen LogP contribution < -0.4 is 0 Å². The first-order valence-electron chi connectivity index (χ1n) is 18.5. The molecule has 6 heteroatoms. The first kappa shape index (κ1) is 39.7. The maximum atomic E-state index is 13.9. The van der Waals surface area contributed by atoms with E-state index in [4.69, 9.17) is 18.9 Å². The third-order valence-electron chi connectivity index (χ3n) is 8.75. The summed E-state index contributed by atoms with van der Waals surface area (Å²) in [6, 6.07) is 57.4. The molecule has 0 aromatic heterocycles. The van der Waals surface area contributed by atoms with Gasteiger partial charge in [0.25, 0.3) is 11.6 Å². The fourth-order valence-electron chi connectivity index (χ4n) is 6.14. The van der Waals surface area contributed by atoms with Crippen molar-refractivity contribution in [2.75, 3.05) is 26.4 Å². The third-order valence-corrected chi connectivity index (χ3v) is 8.75. The van der Waals surface area contributed by atoms with Gasteiger partial charge in [0.1, 0.15) is 0 Å². The van der Waals surface area contributed by atoms with Gasteiger partial charge in [0, 0.05) is 35.5 Å². The van der Waals surface area contributed by atoms with Gasteiger partial charge in [-0.25, -0.2) is 0 Å². The van der Waals surface area contributed by atoms with Gasteiger partial charge >= 0.3 is 0 Å². The number of rotatable bonds is 18. The Balaban J connectivity index is 0.000000230. The Hall–Kier alpha value is -5.50. The van der Waals surface area contributed by atoms with Crippen LogP contribution in [0.15, 0.2) is 182 Å². The SMILES string of the molecule is CCOC(OCC)(C(=O)c1ccccc1)c1ccccc1.O=C(c1ccccc1)C(OCCc1ccccc1)(OCCc1ccccc1)c1ccccc1. The molecule has 0 spiro atoms. The second-order valence-electron chi connectivity index (χ2n) is 12.4. The second kappa shape index (κ2) is 20.7. The van der Waals surface area contributed by atoms with E-state index in [0.717, 1.165) is 11.1 Å². The average molecular weight is 721 g/mol. The summed E-state index contributed by atoms with van der Waals surface area (Å²) < 4.78 is 24.4. The van der Waals surface area contributed by atoms with Crippen molar-refractivity contribution < 1.29 is 28.5 Å². The van der Waals surface area contributed by atoms with Crippen LogP contribution in [-0.4, -0.2) is 38.0 Å². The Morgan fingerprint density at radius 1 is 0.389 bits per heavy atom. The number of hydrogen-bond donors (Lipinski definition) is 0. The van der Waals surface area contributed by atoms with Crippen molar-refractivity contribution in [3.8, 4) is 0 Å². The number of benzene rings is 6. The maximum absolute atomic E-state index is 13.9. The number of carbonyl (C=O) groups is 2. The molecule has 0 aliphatic rings. The first-order chi connectivity index (χ1) is 26.5. The lowest BCUT2D eigenvalue weighted by atomic mass is 9.95. The van der Waals surface area contributed by atoms with Crippen molar-refractivity contribution >= 4 is 11.6 Å². The normalized spacial score (nSPS) is 11.3. The van der Waals surface area contributed by atoms with Gasteiger partial charge in [0.15, 0.2) is 0 Å². The van der Waals surface area contributed by atoms with Crippen LogP contribution in [0.25, 0.3) is 0 Å². The fourth-order valence-corrected chi connectivity index (χ4v) is 6.14. The molecule has 0 saturated carbocycles. The zero-order valence-electron chi connectivity index (χ0n) is 31.0. The lowest BCUT2D eigenvalue weighted by molar-refractivity contribution is -0.209. The largest absolute Gasteiger partial charge is 0.340 e. The summed E-state index contributed by atoms with van der Waals surface area (Å²) in [5.74, 6) is -3.29. The van der Waals surface area contributed by atoms with E-state index in [1.54, 1.807) is 24.3 Å². The van der Waals surface area contributed by atoms with Crippen LogP contribution in [-0.2, 0) is 43.4 Å². The minimum Gasteiger partial charge on any atom is -0.340 e. The number of carbonyl (C=O) groups excluding carboxylic acids is 2. The van der Waals surface area contributed by atoms with Gasteiger partial charge in [-0.05, 0) is 37.8 Å². The van der Waals surface area contributed by atoms with Gasteiger partial charge in [-0.2, -0.15) is 0 Å². The van der Waals surface area contributed by atoms with Crippen LogP contribution in [0.1, 0.15) is 56.8 Å². The van der Waals surface area contributed by atoms with Crippen molar-refractivity contribution in [2.24, 2.45) is 0 Å². The van der Waals surface area contributed by atoms with E-state index in [2.05, 4.69) is 24.3 Å². The molecule has 0 aliphatic carbocycles. The average Bonchev–Trinajstić information content (AvgIpc) is 3.25. The molecule has 6 aromatic rings. The minimum absolute atomic E-state index is 0.182. The van der Waals surface area contributed by atoms with E-state index < -0.39 is 11.6 Å². The quantitative estimate of drug-likeness (QED) is 0.0651. The molecule has 0 fully saturated rings. The van der Waals surface area contributed by atoms with E-state index in [9.17, 15) is 9.59 Å². The molecule has 0 aliphatic heterocycles. The van der Waals surface area contributed by atoms with Crippen molar-refractivity contribution in [2.45, 2.75) is 38.3 Å². The van der Waals surface area contributed by atoms with E-state index in [0.29, 0.717) is 61.5 Å². The summed E-state index contributed by atoms with van der Waals surface area (Å²) >= 11 is 0. The molecular formula is C48H48O6. The molecule has 0 unspecified atom stereocenters. The number of ether oxygens (including phenoxy) is 4. The van der Waals surface area contributed by atoms with E-state index in [1.807, 2.05) is 147 Å². The maximum Gasteiger partial charge on any atom is 0.261 e. The van der Waals surface area contributed by atoms with Crippen LogP contribution in [0.4, 0.5) is 0 Å². The molecular weight excluding hydrogens is 673 g/mol. The molecule has 0 bridgehead atoms. The zero-order valence-corrected chi connectivity index (χ0v) is 31.0. The molecule has 6 aromatic carbocycles. The van der Waals surface area contributed by atoms with Crippen molar-refractivity contribution in [3.63, 3.8) is 0 Å². The Kier molecular flexibility index (Phi) is 15.2. The van der Waals surface area contributed by atoms with Crippen molar-refractivity contribution in [3.05, 3.63) is 215 Å². The highest BCUT2D eigenvalue weighted by molar-refractivity contribution is 6.02. The van der Waals surface area contributed by atoms with Gasteiger partial charge in [-0.3, -0.25) is 9.59 Å². The summed E-state index contributed by atoms with van der Waals surface area (Å²) in [6.07, 6.45) is 1.36. The summed E-state index contributed by atoms with van der Waals surface area (Å²) in [6.45, 7) is 5.18. The van der Waals surface area contributed by atoms with Crippen LogP contribution in [0.2, 0.25) is 0 Å². The predicted octanol–water partition coefficient (Wildman–Crippen LogP) is 10.0. The predicted molar refractivity (Wildman–Crippen MR) is 213 cm³/mol. The summed E-state index contributed by atoms with van der Waals surface area (Å²) in [5.41, 5.74) is 4.83. The van der Waals surface area contributed by atoms with Crippen LogP contribution in [0.3, 0.4) is 0 Å². The molecule has 0 radical (unpaired) electrons. The topological polar surface area (TPSA) is 71.1 Å².